The van der Waals surface area contributed by atoms with Gasteiger partial charge in [-0.05, 0) is 69.1 Å². The second kappa shape index (κ2) is 29.9. The molecular weight excluding hydrogens is 1300 g/mol. The van der Waals surface area contributed by atoms with Gasteiger partial charge in [0.1, 0.15) is 82.2 Å². The van der Waals surface area contributed by atoms with Gasteiger partial charge in [-0.1, -0.05) is 44.2 Å². The van der Waals surface area contributed by atoms with Crippen LogP contribution >= 0.6 is 68.0 Å². The van der Waals surface area contributed by atoms with E-state index in [-0.39, 0.29) is 65.9 Å². The van der Waals surface area contributed by atoms with Crippen LogP contribution in [0.4, 0.5) is 10.6 Å². The number of hydrogen-bond donors (Lipinski definition) is 9. The lowest BCUT2D eigenvalue weighted by Crippen LogP contribution is -2.47. The highest BCUT2D eigenvalue weighted by atomic mass is 32.1. The average Bonchev–Trinajstić information content (AvgIpc) is 1.62. The molecule has 7 aromatic heterocycles. The van der Waals surface area contributed by atoms with Gasteiger partial charge in [-0.3, -0.25) is 38.5 Å². The van der Waals surface area contributed by atoms with Crippen LogP contribution in [0.1, 0.15) is 151 Å². The first kappa shape index (κ1) is 66.5. The number of pyridine rings is 1. The fraction of sp³-hybridized carbons (Fsp3) is 0.383. The number of unbranched alkanes of at least 4 members (excludes halogenated alkanes) is 1. The number of nitrogens with one attached hydrogen (secondary N) is 6. The lowest BCUT2D eigenvalue weighted by atomic mass is 9.86. The van der Waals surface area contributed by atoms with Gasteiger partial charge in [-0.15, -0.1) is 68.0 Å². The highest BCUT2D eigenvalue weighted by Gasteiger charge is 2.34. The van der Waals surface area contributed by atoms with E-state index < -0.39 is 84.2 Å². The van der Waals surface area contributed by atoms with Crippen molar-refractivity contribution in [1.29, 1.82) is 0 Å². The molecule has 482 valence electrons. The minimum absolute atomic E-state index is 0.00391. The zero-order valence-corrected chi connectivity index (χ0v) is 55.1. The Hall–Kier alpha value is -8.37. The molecular formula is C60H64N14O12S6. The number of urea groups is 1. The first-order valence-electron chi connectivity index (χ1n) is 29.2. The van der Waals surface area contributed by atoms with E-state index in [0.29, 0.717) is 107 Å². The summed E-state index contributed by atoms with van der Waals surface area (Å²) in [6, 6.07) is 8.59. The number of benzene rings is 1. The molecule has 1 fully saturated rings. The van der Waals surface area contributed by atoms with Gasteiger partial charge in [0, 0.05) is 65.1 Å². The Morgan fingerprint density at radius 1 is 0.696 bits per heavy atom. The Kier molecular flexibility index (Phi) is 21.7. The number of aliphatic hydroxyl groups is 1. The Bertz CT molecular complexity index is 4020. The lowest BCUT2D eigenvalue weighted by molar-refractivity contribution is -0.143. The molecule has 10 rings (SSSR count). The Morgan fingerprint density at radius 3 is 2.13 bits per heavy atom. The van der Waals surface area contributed by atoms with Gasteiger partial charge in [0.05, 0.1) is 48.1 Å². The molecule has 8 heterocycles. The molecule has 4 atom stereocenters. The van der Waals surface area contributed by atoms with Gasteiger partial charge in [0.25, 0.3) is 17.7 Å². The van der Waals surface area contributed by atoms with Crippen LogP contribution in [0.25, 0.3) is 43.4 Å². The number of carbonyl (C=O) groups excluding carboxylic acids is 6. The number of rotatable bonds is 16. The van der Waals surface area contributed by atoms with Crippen molar-refractivity contribution in [3.63, 3.8) is 0 Å². The number of aliphatic carboxylic acids is 2. The van der Waals surface area contributed by atoms with E-state index in [1.165, 1.54) is 53.1 Å². The SMILES string of the molecule is CNC(=O)C[C@@H]1NC(=O)c2csc(n2)-c2ccc(-c3nc(N(CCCCC(=O)O)C(=O)NC4CCC(C(=O)O)CC4)cs3)nc2-c2csc(n2)-c2csc(n2)[C@H]([C@@H](O)c2ccccc2)NC(=O)CNC(=O)c2nc(sc2COC)C(C(C)C)NC(=O)c2nc1sc2C. The number of carboxylic acid groups (broad SMARTS) is 2. The summed E-state index contributed by atoms with van der Waals surface area (Å²) in [6.07, 6.45) is 0.770. The highest BCUT2D eigenvalue weighted by molar-refractivity contribution is 7.15. The summed E-state index contributed by atoms with van der Waals surface area (Å²) in [5.74, 6) is -5.28. The fourth-order valence-corrected chi connectivity index (χ4v) is 15.9. The predicted molar refractivity (Wildman–Crippen MR) is 348 cm³/mol. The molecule has 1 aromatic carbocycles. The molecule has 26 nitrogen and oxygen atoms in total. The molecule has 1 saturated carbocycles. The van der Waals surface area contributed by atoms with Gasteiger partial charge in [-0.2, -0.15) is 0 Å². The zero-order valence-electron chi connectivity index (χ0n) is 50.2. The molecule has 8 aromatic rings. The van der Waals surface area contributed by atoms with Crippen molar-refractivity contribution in [1.82, 2.24) is 66.8 Å². The Morgan fingerprint density at radius 2 is 1.40 bits per heavy atom. The third-order valence-electron chi connectivity index (χ3n) is 15.2. The predicted octanol–water partition coefficient (Wildman–Crippen LogP) is 8.73. The van der Waals surface area contributed by atoms with Crippen molar-refractivity contribution >= 4 is 121 Å². The maximum Gasteiger partial charge on any atom is 0.323 e. The minimum atomic E-state index is -1.31. The van der Waals surface area contributed by atoms with Crippen molar-refractivity contribution in [2.45, 2.75) is 109 Å². The van der Waals surface area contributed by atoms with Crippen molar-refractivity contribution in [3.8, 4) is 43.4 Å². The van der Waals surface area contributed by atoms with E-state index in [1.54, 1.807) is 70.9 Å². The van der Waals surface area contributed by atoms with E-state index in [1.807, 2.05) is 13.8 Å². The summed E-state index contributed by atoms with van der Waals surface area (Å²) in [7, 11) is 2.92. The first-order chi connectivity index (χ1) is 44.2. The first-order valence-corrected chi connectivity index (χ1v) is 34.4. The van der Waals surface area contributed by atoms with Gasteiger partial charge in [0.2, 0.25) is 11.8 Å². The molecule has 0 saturated heterocycles. The molecule has 7 amide bonds. The molecule has 2 aliphatic rings. The normalized spacial score (nSPS) is 18.4. The molecule has 32 heteroatoms. The molecule has 1 aliphatic heterocycles. The van der Waals surface area contributed by atoms with Gasteiger partial charge in [-0.25, -0.2) is 39.7 Å². The molecule has 0 spiro atoms. The molecule has 0 radical (unpaired) electrons. The molecule has 10 bridgehead atoms. The standard InChI is InChI=1S/C60H64N14O12S6/c1-28(2)44-58-73-47(39(92-58)23-86-5)51(81)62-22-42(76)70-48(49(79)30-11-7-6-8-12-30)57-68-38(26-89-57)55-66-36(24-88-55)46-33(53-67-37(25-87-53)50(80)65-35(21-41(75)61-4)56-72-45(29(3)91-56)52(82)71-44)18-19-34(64-46)54-69-40(27-90-54)74(20-10-9-13-43(77)78)60(85)63-32-16-14-31(15-17-32)59(83)84/h6-8,11-12,18-19,24-28,31-32,35,44,48-49,79H,9-10,13-17,20-23H2,1-5H3,(H,61,75)(H,62,81)(H,63,85)(H,65,80)(H,70,76)(H,71,82)(H,77,78)(H,83,84)/t31?,32?,35-,44?,48-,49-/m0/s1. The summed E-state index contributed by atoms with van der Waals surface area (Å²) in [5.41, 5.74) is 2.43. The number of fused-ring (bicyclic) bond motifs is 14. The maximum absolute atomic E-state index is 14.4. The summed E-state index contributed by atoms with van der Waals surface area (Å²) >= 11 is 7.06. The van der Waals surface area contributed by atoms with Crippen LogP contribution < -0.4 is 36.8 Å². The number of thiazole rings is 6. The van der Waals surface area contributed by atoms with Crippen molar-refractivity contribution < 1.29 is 58.4 Å². The third kappa shape index (κ3) is 15.7. The van der Waals surface area contributed by atoms with Gasteiger partial charge < -0.3 is 52.0 Å². The summed E-state index contributed by atoms with van der Waals surface area (Å²) in [4.78, 5) is 144. The van der Waals surface area contributed by atoms with Crippen molar-refractivity contribution in [2.24, 2.45) is 11.8 Å². The third-order valence-corrected chi connectivity index (χ3v) is 20.9. The van der Waals surface area contributed by atoms with Crippen molar-refractivity contribution in [3.05, 3.63) is 111 Å². The number of aryl methyl sites for hydroxylation is 1. The number of anilines is 1. The van der Waals surface area contributed by atoms with Gasteiger partial charge >= 0.3 is 18.0 Å². The van der Waals surface area contributed by atoms with Crippen LogP contribution in [0, 0.1) is 18.8 Å². The van der Waals surface area contributed by atoms with Crippen molar-refractivity contribution in [2.75, 3.05) is 32.1 Å². The summed E-state index contributed by atoms with van der Waals surface area (Å²) < 4.78 is 5.46. The van der Waals surface area contributed by atoms with E-state index in [9.17, 15) is 53.7 Å². The number of carboxylic acids is 2. The second-order valence-corrected chi connectivity index (χ2v) is 27.8. The number of methoxy groups -OCH3 is 1. The van der Waals surface area contributed by atoms with E-state index in [0.717, 1.165) is 34.0 Å². The number of amides is 7. The largest absolute Gasteiger partial charge is 0.481 e. The summed E-state index contributed by atoms with van der Waals surface area (Å²) in [6.45, 7) is 5.04. The number of hydrogen-bond acceptors (Lipinski definition) is 23. The Balaban J connectivity index is 1.03. The average molecular weight is 1370 g/mol. The molecule has 9 N–H and O–H groups in total. The van der Waals surface area contributed by atoms with Crippen LogP contribution in [0.3, 0.4) is 0 Å². The van der Waals surface area contributed by atoms with Crippen LogP contribution in [0.5, 0.6) is 0 Å². The van der Waals surface area contributed by atoms with Crippen LogP contribution in [0.15, 0.2) is 64.0 Å². The lowest BCUT2D eigenvalue weighted by Gasteiger charge is -2.29. The van der Waals surface area contributed by atoms with Crippen LogP contribution in [-0.2, 0) is 30.5 Å². The smallest absolute Gasteiger partial charge is 0.323 e. The van der Waals surface area contributed by atoms with E-state index in [4.69, 9.17) is 39.6 Å². The fourth-order valence-electron chi connectivity index (χ4n) is 10.3. The molecule has 1 aliphatic carbocycles. The topological polar surface area (TPSA) is 372 Å². The van der Waals surface area contributed by atoms with E-state index in [2.05, 4.69) is 31.9 Å². The Labute approximate surface area is 550 Å². The molecule has 1 unspecified atom stereocenters. The number of aromatic nitrogens is 7. The minimum Gasteiger partial charge on any atom is -0.481 e. The second-order valence-electron chi connectivity index (χ2n) is 22.0. The summed E-state index contributed by atoms with van der Waals surface area (Å²) in [5, 5.41) is 57.0. The quantitative estimate of drug-likeness (QED) is 0.0408. The highest BCUT2D eigenvalue weighted by Crippen LogP contribution is 2.41. The zero-order chi connectivity index (χ0) is 65.3. The monoisotopic (exact) mass is 1360 g/mol. The number of ether oxygens (including phenoxy) is 1. The van der Waals surface area contributed by atoms with Gasteiger partial charge in [0.15, 0.2) is 0 Å². The number of aliphatic hydroxyl groups excluding tert-OH is 1. The number of nitrogens with zero attached hydrogens (tertiary/aromatic N) is 8. The number of carbonyl (C=O) groups is 8. The van der Waals surface area contributed by atoms with E-state index >= 15 is 0 Å². The van der Waals surface area contributed by atoms with Crippen LogP contribution in [0.2, 0.25) is 0 Å². The maximum atomic E-state index is 14.4. The van der Waals surface area contributed by atoms with Crippen LogP contribution in [-0.4, -0.2) is 131 Å². The molecule has 92 heavy (non-hydrogen) atoms.